The van der Waals surface area contributed by atoms with E-state index in [1.807, 2.05) is 38.1 Å². The number of ether oxygens (including phenoxy) is 2. The lowest BCUT2D eigenvalue weighted by molar-refractivity contribution is -0.120. The first kappa shape index (κ1) is 21.3. The number of aryl methyl sites for hydroxylation is 1. The minimum atomic E-state index is -0.287. The van der Waals surface area contributed by atoms with E-state index in [2.05, 4.69) is 10.6 Å². The Morgan fingerprint density at radius 3 is 2.18 bits per heavy atom. The Morgan fingerprint density at radius 1 is 0.857 bits per heavy atom. The molecular formula is C22H28N2O4. The maximum absolute atomic E-state index is 12.0. The first-order chi connectivity index (χ1) is 13.6. The fourth-order valence-electron chi connectivity index (χ4n) is 2.47. The smallest absolute Gasteiger partial charge is 0.251 e. The van der Waals surface area contributed by atoms with Gasteiger partial charge in [-0.25, -0.2) is 0 Å². The van der Waals surface area contributed by atoms with Gasteiger partial charge >= 0.3 is 0 Å². The highest BCUT2D eigenvalue weighted by atomic mass is 16.5. The van der Waals surface area contributed by atoms with E-state index in [4.69, 9.17) is 9.47 Å². The molecule has 2 amide bonds. The second-order valence-corrected chi connectivity index (χ2v) is 6.36. The zero-order valence-corrected chi connectivity index (χ0v) is 16.5. The van der Waals surface area contributed by atoms with Crippen molar-refractivity contribution in [3.8, 4) is 11.5 Å². The lowest BCUT2D eigenvalue weighted by atomic mass is 10.2. The second-order valence-electron chi connectivity index (χ2n) is 6.36. The number of amides is 2. The van der Waals surface area contributed by atoms with Crippen molar-refractivity contribution >= 4 is 11.8 Å². The molecule has 2 N–H and O–H groups in total. The number of unbranched alkanes of at least 4 members (excludes halogenated alkanes) is 1. The van der Waals surface area contributed by atoms with Gasteiger partial charge < -0.3 is 20.1 Å². The van der Waals surface area contributed by atoms with Gasteiger partial charge in [0.1, 0.15) is 11.5 Å². The molecule has 6 nitrogen and oxygen atoms in total. The first-order valence-electron chi connectivity index (χ1n) is 9.55. The molecule has 6 heteroatoms. The number of hydrogen-bond donors (Lipinski definition) is 2. The summed E-state index contributed by atoms with van der Waals surface area (Å²) in [6.07, 6.45) is 1.65. The average molecular weight is 384 g/mol. The van der Waals surface area contributed by atoms with Crippen molar-refractivity contribution in [1.82, 2.24) is 10.6 Å². The van der Waals surface area contributed by atoms with Crippen molar-refractivity contribution in [3.05, 3.63) is 59.7 Å². The van der Waals surface area contributed by atoms with E-state index in [-0.39, 0.29) is 18.4 Å². The van der Waals surface area contributed by atoms with Crippen LogP contribution in [-0.2, 0) is 4.79 Å². The Hall–Kier alpha value is -3.02. The minimum Gasteiger partial charge on any atom is -0.494 e. The van der Waals surface area contributed by atoms with Crippen LogP contribution in [0.5, 0.6) is 11.5 Å². The Labute approximate surface area is 166 Å². The standard InChI is InChI=1S/C22H28N2O4/c1-3-27-19-12-8-18(9-13-19)22(26)24-16-21(25)23-14-4-5-15-28-20-10-6-17(2)7-11-20/h6-13H,3-5,14-16H2,1-2H3,(H,23,25)(H,24,26). The van der Waals surface area contributed by atoms with Crippen molar-refractivity contribution in [3.63, 3.8) is 0 Å². The zero-order valence-electron chi connectivity index (χ0n) is 16.5. The molecule has 2 rings (SSSR count). The van der Waals surface area contributed by atoms with Crippen molar-refractivity contribution in [1.29, 1.82) is 0 Å². The molecule has 2 aromatic carbocycles. The maximum atomic E-state index is 12.0. The summed E-state index contributed by atoms with van der Waals surface area (Å²) in [4.78, 5) is 23.9. The number of carbonyl (C=O) groups excluding carboxylic acids is 2. The van der Waals surface area contributed by atoms with Crippen LogP contribution in [0.25, 0.3) is 0 Å². The molecule has 0 aliphatic heterocycles. The fraction of sp³-hybridized carbons (Fsp3) is 0.364. The molecule has 0 fully saturated rings. The van der Waals surface area contributed by atoms with Gasteiger partial charge in [0.25, 0.3) is 5.91 Å². The topological polar surface area (TPSA) is 76.7 Å². The molecule has 0 unspecified atom stereocenters. The molecule has 28 heavy (non-hydrogen) atoms. The van der Waals surface area contributed by atoms with Gasteiger partial charge in [0.15, 0.2) is 0 Å². The minimum absolute atomic E-state index is 0.0497. The van der Waals surface area contributed by atoms with Crippen molar-refractivity contribution in [2.24, 2.45) is 0 Å². The molecule has 0 saturated heterocycles. The van der Waals surface area contributed by atoms with Crippen molar-refractivity contribution in [2.45, 2.75) is 26.7 Å². The Kier molecular flexibility index (Phi) is 8.85. The number of benzene rings is 2. The van der Waals surface area contributed by atoms with Gasteiger partial charge in [-0.05, 0) is 63.1 Å². The molecule has 0 atom stereocenters. The van der Waals surface area contributed by atoms with Gasteiger partial charge in [-0.1, -0.05) is 17.7 Å². The zero-order chi connectivity index (χ0) is 20.2. The average Bonchev–Trinajstić information content (AvgIpc) is 2.71. The summed E-state index contributed by atoms with van der Waals surface area (Å²) in [5, 5.41) is 5.40. The summed E-state index contributed by atoms with van der Waals surface area (Å²) in [7, 11) is 0. The molecule has 0 spiro atoms. The van der Waals surface area contributed by atoms with Crippen LogP contribution in [0.1, 0.15) is 35.7 Å². The van der Waals surface area contributed by atoms with E-state index >= 15 is 0 Å². The van der Waals surface area contributed by atoms with Crippen LogP contribution < -0.4 is 20.1 Å². The quantitative estimate of drug-likeness (QED) is 0.584. The molecule has 0 saturated carbocycles. The van der Waals surface area contributed by atoms with E-state index in [0.29, 0.717) is 31.1 Å². The highest BCUT2D eigenvalue weighted by Gasteiger charge is 2.08. The summed E-state index contributed by atoms with van der Waals surface area (Å²) in [6, 6.07) is 14.7. The molecule has 0 aliphatic rings. The van der Waals surface area contributed by atoms with Gasteiger partial charge in [0.05, 0.1) is 19.8 Å². The van der Waals surface area contributed by atoms with Crippen LogP contribution in [-0.4, -0.2) is 38.1 Å². The molecular weight excluding hydrogens is 356 g/mol. The van der Waals surface area contributed by atoms with Crippen LogP contribution >= 0.6 is 0 Å². The summed E-state index contributed by atoms with van der Waals surface area (Å²) < 4.78 is 11.0. The van der Waals surface area contributed by atoms with Crippen LogP contribution in [0, 0.1) is 6.92 Å². The third-order valence-corrected chi connectivity index (χ3v) is 4.02. The SMILES string of the molecule is CCOc1ccc(C(=O)NCC(=O)NCCCCOc2ccc(C)cc2)cc1. The largest absolute Gasteiger partial charge is 0.494 e. The number of hydrogen-bond acceptors (Lipinski definition) is 4. The Bertz CT molecular complexity index is 742. The van der Waals surface area contributed by atoms with Crippen LogP contribution in [0.2, 0.25) is 0 Å². The number of rotatable bonds is 11. The summed E-state index contributed by atoms with van der Waals surface area (Å²) in [6.45, 7) is 5.61. The predicted molar refractivity (Wildman–Crippen MR) is 109 cm³/mol. The normalized spacial score (nSPS) is 10.2. The molecule has 0 bridgehead atoms. The lowest BCUT2D eigenvalue weighted by Gasteiger charge is -2.09. The number of carbonyl (C=O) groups is 2. The van der Waals surface area contributed by atoms with E-state index in [1.54, 1.807) is 24.3 Å². The first-order valence-corrected chi connectivity index (χ1v) is 9.55. The molecule has 0 aromatic heterocycles. The Morgan fingerprint density at radius 2 is 1.50 bits per heavy atom. The van der Waals surface area contributed by atoms with Crippen LogP contribution in [0.4, 0.5) is 0 Å². The van der Waals surface area contributed by atoms with Crippen LogP contribution in [0.15, 0.2) is 48.5 Å². The van der Waals surface area contributed by atoms with Crippen molar-refractivity contribution in [2.75, 3.05) is 26.3 Å². The third kappa shape index (κ3) is 7.70. The van der Waals surface area contributed by atoms with E-state index in [9.17, 15) is 9.59 Å². The fourth-order valence-corrected chi connectivity index (χ4v) is 2.47. The van der Waals surface area contributed by atoms with Gasteiger partial charge in [-0.3, -0.25) is 9.59 Å². The van der Waals surface area contributed by atoms with Crippen molar-refractivity contribution < 1.29 is 19.1 Å². The second kappa shape index (κ2) is 11.6. The monoisotopic (exact) mass is 384 g/mol. The van der Waals surface area contributed by atoms with Gasteiger partial charge in [-0.15, -0.1) is 0 Å². The van der Waals surface area contributed by atoms with E-state index < -0.39 is 0 Å². The molecule has 0 aliphatic carbocycles. The maximum Gasteiger partial charge on any atom is 0.251 e. The van der Waals surface area contributed by atoms with Gasteiger partial charge in [0.2, 0.25) is 5.91 Å². The van der Waals surface area contributed by atoms with Gasteiger partial charge in [0, 0.05) is 12.1 Å². The number of nitrogens with one attached hydrogen (secondary N) is 2. The molecule has 2 aromatic rings. The molecule has 0 heterocycles. The Balaban J connectivity index is 1.55. The van der Waals surface area contributed by atoms with E-state index in [0.717, 1.165) is 18.6 Å². The summed E-state index contributed by atoms with van der Waals surface area (Å²) >= 11 is 0. The molecule has 0 radical (unpaired) electrons. The summed E-state index contributed by atoms with van der Waals surface area (Å²) in [5.41, 5.74) is 1.69. The van der Waals surface area contributed by atoms with Gasteiger partial charge in [-0.2, -0.15) is 0 Å². The van der Waals surface area contributed by atoms with E-state index in [1.165, 1.54) is 5.56 Å². The highest BCUT2D eigenvalue weighted by Crippen LogP contribution is 2.12. The highest BCUT2D eigenvalue weighted by molar-refractivity contribution is 5.96. The lowest BCUT2D eigenvalue weighted by Crippen LogP contribution is -2.37. The molecule has 150 valence electrons. The third-order valence-electron chi connectivity index (χ3n) is 4.02. The predicted octanol–water partition coefficient (Wildman–Crippen LogP) is 3.10. The summed E-state index contributed by atoms with van der Waals surface area (Å²) in [5.74, 6) is 1.07. The van der Waals surface area contributed by atoms with Crippen LogP contribution in [0.3, 0.4) is 0 Å².